The van der Waals surface area contributed by atoms with Gasteiger partial charge in [0.15, 0.2) is 0 Å². The van der Waals surface area contributed by atoms with E-state index >= 15 is 0 Å². The van der Waals surface area contributed by atoms with Gasteiger partial charge in [0.05, 0.1) is 17.4 Å². The molecule has 1 aliphatic rings. The lowest BCUT2D eigenvalue weighted by atomic mass is 10.1. The molecule has 142 valence electrons. The number of amides is 1. The maximum atomic E-state index is 12.3. The SMILES string of the molecule is CCN(Cc1ccc2c(c1)ncn2C1CCCCO1)C(=O)OC(C)(C)C. The fourth-order valence-corrected chi connectivity index (χ4v) is 3.20. The van der Waals surface area contributed by atoms with Crippen LogP contribution in [0.25, 0.3) is 11.0 Å². The van der Waals surface area contributed by atoms with Crippen LogP contribution in [-0.2, 0) is 16.0 Å². The monoisotopic (exact) mass is 359 g/mol. The molecular formula is C20H29N3O3. The van der Waals surface area contributed by atoms with Crippen LogP contribution in [0.1, 0.15) is 58.7 Å². The molecule has 0 bridgehead atoms. The first-order valence-electron chi connectivity index (χ1n) is 9.42. The van der Waals surface area contributed by atoms with E-state index in [0.717, 1.165) is 36.0 Å². The van der Waals surface area contributed by atoms with Crippen molar-refractivity contribution in [1.82, 2.24) is 14.5 Å². The summed E-state index contributed by atoms with van der Waals surface area (Å²) in [5.41, 5.74) is 2.55. The van der Waals surface area contributed by atoms with Crippen molar-refractivity contribution in [2.45, 2.75) is 65.3 Å². The molecular weight excluding hydrogens is 330 g/mol. The second-order valence-corrected chi connectivity index (χ2v) is 7.79. The van der Waals surface area contributed by atoms with E-state index in [1.54, 1.807) is 4.90 Å². The Balaban J connectivity index is 1.75. The third-order valence-corrected chi connectivity index (χ3v) is 4.51. The number of rotatable bonds is 4. The number of benzene rings is 1. The van der Waals surface area contributed by atoms with E-state index < -0.39 is 5.60 Å². The van der Waals surface area contributed by atoms with Crippen LogP contribution in [0.3, 0.4) is 0 Å². The molecule has 1 atom stereocenters. The summed E-state index contributed by atoms with van der Waals surface area (Å²) in [4.78, 5) is 18.6. The van der Waals surface area contributed by atoms with Crippen LogP contribution in [0.5, 0.6) is 0 Å². The first-order valence-corrected chi connectivity index (χ1v) is 9.42. The largest absolute Gasteiger partial charge is 0.444 e. The molecule has 1 fully saturated rings. The quantitative estimate of drug-likeness (QED) is 0.807. The van der Waals surface area contributed by atoms with Crippen molar-refractivity contribution in [2.75, 3.05) is 13.2 Å². The van der Waals surface area contributed by atoms with Gasteiger partial charge in [0.25, 0.3) is 0 Å². The zero-order valence-electron chi connectivity index (χ0n) is 16.2. The van der Waals surface area contributed by atoms with Crippen LogP contribution >= 0.6 is 0 Å². The molecule has 1 amide bonds. The molecule has 3 rings (SSSR count). The van der Waals surface area contributed by atoms with E-state index in [4.69, 9.17) is 9.47 Å². The van der Waals surface area contributed by atoms with Gasteiger partial charge in [-0.15, -0.1) is 0 Å². The highest BCUT2D eigenvalue weighted by molar-refractivity contribution is 5.76. The highest BCUT2D eigenvalue weighted by Gasteiger charge is 2.22. The molecule has 6 heteroatoms. The predicted molar refractivity (Wildman–Crippen MR) is 101 cm³/mol. The third-order valence-electron chi connectivity index (χ3n) is 4.51. The molecule has 0 spiro atoms. The third kappa shape index (κ3) is 4.36. The second-order valence-electron chi connectivity index (χ2n) is 7.79. The average molecular weight is 359 g/mol. The molecule has 0 N–H and O–H groups in total. The molecule has 6 nitrogen and oxygen atoms in total. The number of hydrogen-bond acceptors (Lipinski definition) is 4. The van der Waals surface area contributed by atoms with Crippen molar-refractivity contribution >= 4 is 17.1 Å². The Kier molecular flexibility index (Phi) is 5.51. The summed E-state index contributed by atoms with van der Waals surface area (Å²) < 4.78 is 13.5. The summed E-state index contributed by atoms with van der Waals surface area (Å²) in [6, 6.07) is 6.16. The average Bonchev–Trinajstić information content (AvgIpc) is 3.02. The molecule has 2 heterocycles. The van der Waals surface area contributed by atoms with E-state index in [9.17, 15) is 4.79 Å². The van der Waals surface area contributed by atoms with Crippen LogP contribution < -0.4 is 0 Å². The Morgan fingerprint density at radius 3 is 2.85 bits per heavy atom. The van der Waals surface area contributed by atoms with E-state index in [-0.39, 0.29) is 12.3 Å². The zero-order chi connectivity index (χ0) is 18.7. The molecule has 1 aliphatic heterocycles. The molecule has 1 aromatic heterocycles. The minimum absolute atomic E-state index is 0.0773. The zero-order valence-corrected chi connectivity index (χ0v) is 16.2. The van der Waals surface area contributed by atoms with Crippen molar-refractivity contribution in [3.63, 3.8) is 0 Å². The summed E-state index contributed by atoms with van der Waals surface area (Å²) in [5, 5.41) is 0. The maximum absolute atomic E-state index is 12.3. The number of ether oxygens (including phenoxy) is 2. The smallest absolute Gasteiger partial charge is 0.410 e. The molecule has 1 aromatic carbocycles. The van der Waals surface area contributed by atoms with Gasteiger partial charge in [-0.2, -0.15) is 0 Å². The van der Waals surface area contributed by atoms with Crippen molar-refractivity contribution in [2.24, 2.45) is 0 Å². The summed E-state index contributed by atoms with van der Waals surface area (Å²) in [5.74, 6) is 0. The second kappa shape index (κ2) is 7.66. The standard InChI is InChI=1S/C20H29N3O3/c1-5-22(19(24)26-20(2,3)4)13-15-9-10-17-16(12-15)21-14-23(17)18-8-6-7-11-25-18/h9-10,12,14,18H,5-8,11,13H2,1-4H3. The van der Waals surface area contributed by atoms with Crippen LogP contribution in [-0.4, -0.2) is 39.3 Å². The molecule has 0 saturated carbocycles. The number of fused-ring (bicyclic) bond motifs is 1. The van der Waals surface area contributed by atoms with Gasteiger partial charge in [-0.05, 0) is 64.7 Å². The van der Waals surface area contributed by atoms with Crippen molar-refractivity contribution in [1.29, 1.82) is 0 Å². The highest BCUT2D eigenvalue weighted by Crippen LogP contribution is 2.27. The van der Waals surface area contributed by atoms with Gasteiger partial charge in [0.2, 0.25) is 0 Å². The van der Waals surface area contributed by atoms with Gasteiger partial charge >= 0.3 is 6.09 Å². The molecule has 26 heavy (non-hydrogen) atoms. The number of nitrogens with zero attached hydrogens (tertiary/aromatic N) is 3. The lowest BCUT2D eigenvalue weighted by molar-refractivity contribution is -0.0295. The summed E-state index contributed by atoms with van der Waals surface area (Å²) in [7, 11) is 0. The summed E-state index contributed by atoms with van der Waals surface area (Å²) in [6.07, 6.45) is 4.98. The molecule has 0 radical (unpaired) electrons. The molecule has 2 aromatic rings. The Hall–Kier alpha value is -2.08. The predicted octanol–water partition coefficient (Wildman–Crippen LogP) is 4.49. The maximum Gasteiger partial charge on any atom is 0.410 e. The Morgan fingerprint density at radius 1 is 1.38 bits per heavy atom. The van der Waals surface area contributed by atoms with Gasteiger partial charge in [-0.1, -0.05) is 6.07 Å². The van der Waals surface area contributed by atoms with Crippen molar-refractivity contribution in [3.8, 4) is 0 Å². The van der Waals surface area contributed by atoms with Gasteiger partial charge < -0.3 is 18.9 Å². The van der Waals surface area contributed by atoms with Crippen LogP contribution in [0.2, 0.25) is 0 Å². The first-order chi connectivity index (χ1) is 12.4. The Morgan fingerprint density at radius 2 is 2.19 bits per heavy atom. The van der Waals surface area contributed by atoms with E-state index in [1.165, 1.54) is 6.42 Å². The molecule has 1 saturated heterocycles. The Labute approximate surface area is 155 Å². The van der Waals surface area contributed by atoms with Crippen LogP contribution in [0, 0.1) is 0 Å². The first kappa shape index (κ1) is 18.7. The lowest BCUT2D eigenvalue weighted by Gasteiger charge is -2.26. The fourth-order valence-electron chi connectivity index (χ4n) is 3.20. The van der Waals surface area contributed by atoms with Crippen LogP contribution in [0.4, 0.5) is 4.79 Å². The van der Waals surface area contributed by atoms with E-state index in [1.807, 2.05) is 40.1 Å². The number of carbonyl (C=O) groups is 1. The lowest BCUT2D eigenvalue weighted by Crippen LogP contribution is -2.36. The van der Waals surface area contributed by atoms with Crippen molar-refractivity contribution < 1.29 is 14.3 Å². The molecule has 0 aliphatic carbocycles. The molecule has 1 unspecified atom stereocenters. The minimum atomic E-state index is -0.493. The number of carbonyl (C=O) groups excluding carboxylic acids is 1. The normalized spacial score (nSPS) is 18.1. The van der Waals surface area contributed by atoms with E-state index in [2.05, 4.69) is 21.7 Å². The van der Waals surface area contributed by atoms with Gasteiger partial charge in [0, 0.05) is 19.7 Å². The van der Waals surface area contributed by atoms with Crippen LogP contribution in [0.15, 0.2) is 24.5 Å². The van der Waals surface area contributed by atoms with Gasteiger partial charge in [0.1, 0.15) is 11.8 Å². The van der Waals surface area contributed by atoms with E-state index in [0.29, 0.717) is 13.1 Å². The van der Waals surface area contributed by atoms with Gasteiger partial charge in [-0.25, -0.2) is 9.78 Å². The summed E-state index contributed by atoms with van der Waals surface area (Å²) >= 11 is 0. The summed E-state index contributed by atoms with van der Waals surface area (Å²) in [6.45, 7) is 9.51. The minimum Gasteiger partial charge on any atom is -0.444 e. The number of hydrogen-bond donors (Lipinski definition) is 0. The number of imidazole rings is 1. The Bertz CT molecular complexity index is 757. The fraction of sp³-hybridized carbons (Fsp3) is 0.600. The van der Waals surface area contributed by atoms with Crippen molar-refractivity contribution in [3.05, 3.63) is 30.1 Å². The topological polar surface area (TPSA) is 56.6 Å². The van der Waals surface area contributed by atoms with Gasteiger partial charge in [-0.3, -0.25) is 0 Å². The number of aromatic nitrogens is 2. The highest BCUT2D eigenvalue weighted by atomic mass is 16.6.